The summed E-state index contributed by atoms with van der Waals surface area (Å²) in [4.78, 5) is 7.82. The lowest BCUT2D eigenvalue weighted by Crippen LogP contribution is -2.52. The Bertz CT molecular complexity index is 1530. The highest BCUT2D eigenvalue weighted by atomic mass is 35.5. The van der Waals surface area contributed by atoms with Crippen molar-refractivity contribution >= 4 is 49.8 Å². The first kappa shape index (κ1) is 29.6. The van der Waals surface area contributed by atoms with E-state index < -0.39 is 32.7 Å². The molecule has 1 saturated heterocycles. The number of hydrogen-bond acceptors (Lipinski definition) is 6. The van der Waals surface area contributed by atoms with Gasteiger partial charge in [-0.3, -0.25) is 4.72 Å². The van der Waals surface area contributed by atoms with Crippen LogP contribution in [0.4, 0.5) is 30.4 Å². The number of nitrogens with one attached hydrogen (secondary N) is 1. The lowest BCUT2D eigenvalue weighted by Gasteiger charge is -2.40. The molecule has 0 saturated carbocycles. The van der Waals surface area contributed by atoms with Crippen molar-refractivity contribution in [2.75, 3.05) is 47.2 Å². The zero-order chi connectivity index (χ0) is 29.4. The van der Waals surface area contributed by atoms with Gasteiger partial charge in [-0.05, 0) is 79.9 Å². The number of anilines is 3. The maximum absolute atomic E-state index is 13.5. The van der Waals surface area contributed by atoms with E-state index in [0.717, 1.165) is 42.9 Å². The first-order chi connectivity index (χ1) is 19.4. The molecule has 1 aromatic heterocycles. The number of halogens is 4. The van der Waals surface area contributed by atoms with E-state index in [9.17, 15) is 25.8 Å². The van der Waals surface area contributed by atoms with Gasteiger partial charge in [-0.15, -0.1) is 0 Å². The van der Waals surface area contributed by atoms with Crippen LogP contribution in [0.2, 0.25) is 5.02 Å². The number of piperazine rings is 1. The summed E-state index contributed by atoms with van der Waals surface area (Å²) in [6.45, 7) is 5.22. The molecule has 0 bridgehead atoms. The van der Waals surface area contributed by atoms with Crippen LogP contribution >= 0.6 is 11.6 Å². The van der Waals surface area contributed by atoms with E-state index in [-0.39, 0.29) is 18.9 Å². The van der Waals surface area contributed by atoms with E-state index in [0.29, 0.717) is 37.4 Å². The zero-order valence-electron chi connectivity index (χ0n) is 22.1. The van der Waals surface area contributed by atoms with Crippen LogP contribution in [0.25, 0.3) is 0 Å². The van der Waals surface area contributed by atoms with Crippen molar-refractivity contribution in [3.63, 3.8) is 0 Å². The molecule has 2 aromatic carbocycles. The van der Waals surface area contributed by atoms with E-state index in [2.05, 4.69) is 19.5 Å². The Kier molecular flexibility index (Phi) is 8.51. The van der Waals surface area contributed by atoms with Crippen LogP contribution in [0, 0.1) is 0 Å². The molecule has 0 spiro atoms. The number of alkyl halides is 3. The molecule has 5 rings (SSSR count). The van der Waals surface area contributed by atoms with Gasteiger partial charge >= 0.3 is 6.18 Å². The molecular weight excluding hydrogens is 599 g/mol. The minimum Gasteiger partial charge on any atom is -0.369 e. The molecule has 3 heterocycles. The lowest BCUT2D eigenvalue weighted by atomic mass is 10.0. The molecule has 14 heteroatoms. The number of nitrogens with zero attached hydrogens (tertiary/aromatic N) is 4. The largest absolute Gasteiger partial charge is 0.417 e. The van der Waals surface area contributed by atoms with Gasteiger partial charge in [-0.1, -0.05) is 11.6 Å². The number of pyridine rings is 1. The molecule has 8 nitrogen and oxygen atoms in total. The van der Waals surface area contributed by atoms with Gasteiger partial charge in [0.15, 0.2) is 0 Å². The van der Waals surface area contributed by atoms with Gasteiger partial charge in [0.05, 0.1) is 10.5 Å². The smallest absolute Gasteiger partial charge is 0.369 e. The van der Waals surface area contributed by atoms with Crippen molar-refractivity contribution in [1.82, 2.24) is 9.29 Å². The van der Waals surface area contributed by atoms with Crippen LogP contribution in [0.1, 0.15) is 27.3 Å². The average Bonchev–Trinajstić information content (AvgIpc) is 2.95. The van der Waals surface area contributed by atoms with Crippen molar-refractivity contribution in [1.29, 1.82) is 0 Å². The summed E-state index contributed by atoms with van der Waals surface area (Å²) in [5.74, 6) is -0.211. The van der Waals surface area contributed by atoms with E-state index in [1.54, 1.807) is 12.1 Å². The molecule has 1 fully saturated rings. The summed E-state index contributed by atoms with van der Waals surface area (Å²) in [6, 6.07) is 13.8. The Balaban J connectivity index is 0.00000253. The molecule has 224 valence electrons. The predicted octanol–water partition coefficient (Wildman–Crippen LogP) is 5.63. The van der Waals surface area contributed by atoms with Gasteiger partial charge in [0, 0.05) is 58.2 Å². The maximum atomic E-state index is 13.5. The molecule has 0 aliphatic carbocycles. The second kappa shape index (κ2) is 11.8. The standard InChI is InChI=1S/C27H29ClF3N5O3S2.2H2/c1-19(36-12-2-3-20-17-22(28)5-10-25(20)36)40(37)35-15-13-34(14-16-35)23-6-8-24(9-7-23)41(38,39)33-26-11-4-21(18-32-26)27(29,30)31;;/h4-11,17-19H,2-3,12-16H2,1H3,(H,32,33);2*1H/t19-,40?;;/m0../s1. The van der Waals surface area contributed by atoms with Crippen molar-refractivity contribution < 1.29 is 28.7 Å². The quantitative estimate of drug-likeness (QED) is 0.364. The second-order valence-corrected chi connectivity index (χ2v) is 13.8. The topological polar surface area (TPSA) is 85.9 Å². The minimum absolute atomic E-state index is 0. The third-order valence-corrected chi connectivity index (χ3v) is 10.6. The van der Waals surface area contributed by atoms with Crippen LogP contribution < -0.4 is 14.5 Å². The van der Waals surface area contributed by atoms with Gasteiger partial charge in [0.1, 0.15) is 22.2 Å². The molecule has 2 aliphatic rings. The number of aryl methyl sites for hydroxylation is 1. The number of rotatable bonds is 7. The highest BCUT2D eigenvalue weighted by Crippen LogP contribution is 2.33. The fourth-order valence-corrected chi connectivity index (χ4v) is 7.67. The highest BCUT2D eigenvalue weighted by Gasteiger charge is 2.32. The Morgan fingerprint density at radius 1 is 1.02 bits per heavy atom. The van der Waals surface area contributed by atoms with Crippen LogP contribution in [0.5, 0.6) is 0 Å². The Hall–Kier alpha value is -2.87. The van der Waals surface area contributed by atoms with Gasteiger partial charge in [-0.25, -0.2) is 21.9 Å². The SMILES string of the molecule is C[C@@H](N1CCCc2cc(Cl)ccc21)S(=O)N1CCN(c2ccc(S(=O)(=O)Nc3ccc(C(F)(F)F)cn3)cc2)CC1.[HH].[HH]. The van der Waals surface area contributed by atoms with E-state index in [1.165, 1.54) is 17.7 Å². The molecular formula is C27H33ClF3N5O3S2. The van der Waals surface area contributed by atoms with Crippen LogP contribution in [-0.4, -0.2) is 60.0 Å². The molecule has 1 N–H and O–H groups in total. The lowest BCUT2D eigenvalue weighted by molar-refractivity contribution is -0.137. The Morgan fingerprint density at radius 3 is 2.37 bits per heavy atom. The maximum Gasteiger partial charge on any atom is 0.417 e. The first-order valence-electron chi connectivity index (χ1n) is 13.0. The minimum atomic E-state index is -4.56. The third kappa shape index (κ3) is 6.63. The van der Waals surface area contributed by atoms with E-state index in [1.807, 2.05) is 29.4 Å². The molecule has 2 atom stereocenters. The summed E-state index contributed by atoms with van der Waals surface area (Å²) in [6.07, 6.45) is -2.05. The van der Waals surface area contributed by atoms with Gasteiger partial charge in [-0.2, -0.15) is 13.2 Å². The van der Waals surface area contributed by atoms with Gasteiger partial charge < -0.3 is 9.80 Å². The zero-order valence-corrected chi connectivity index (χ0v) is 24.5. The fraction of sp³-hybridized carbons (Fsp3) is 0.370. The predicted molar refractivity (Wildman–Crippen MR) is 159 cm³/mol. The third-order valence-electron chi connectivity index (χ3n) is 7.26. The fourth-order valence-electron chi connectivity index (χ4n) is 5.08. The number of sulfonamides is 1. The Morgan fingerprint density at radius 2 is 1.73 bits per heavy atom. The summed E-state index contributed by atoms with van der Waals surface area (Å²) in [5, 5.41) is 0.506. The Labute approximate surface area is 247 Å². The van der Waals surface area contributed by atoms with Crippen molar-refractivity contribution in [3.05, 3.63) is 76.9 Å². The summed E-state index contributed by atoms with van der Waals surface area (Å²) < 4.78 is 81.4. The molecule has 3 aromatic rings. The van der Waals surface area contributed by atoms with E-state index in [4.69, 9.17) is 11.6 Å². The highest BCUT2D eigenvalue weighted by molar-refractivity contribution is 7.92. The van der Waals surface area contributed by atoms with Gasteiger partial charge in [0.2, 0.25) is 0 Å². The molecule has 1 unspecified atom stereocenters. The first-order valence-corrected chi connectivity index (χ1v) is 16.1. The molecule has 2 aliphatic heterocycles. The molecule has 0 radical (unpaired) electrons. The number of benzene rings is 2. The summed E-state index contributed by atoms with van der Waals surface area (Å²) >= 11 is 6.18. The molecule has 0 amide bonds. The number of hydrogen-bond donors (Lipinski definition) is 1. The van der Waals surface area contributed by atoms with E-state index >= 15 is 0 Å². The molecule has 41 heavy (non-hydrogen) atoms. The van der Waals surface area contributed by atoms with Crippen LogP contribution in [0.15, 0.2) is 65.7 Å². The van der Waals surface area contributed by atoms with Crippen LogP contribution in [0.3, 0.4) is 0 Å². The number of aromatic nitrogens is 1. The van der Waals surface area contributed by atoms with Crippen molar-refractivity contribution in [3.8, 4) is 0 Å². The van der Waals surface area contributed by atoms with Crippen molar-refractivity contribution in [2.45, 2.75) is 36.2 Å². The number of fused-ring (bicyclic) bond motifs is 1. The summed E-state index contributed by atoms with van der Waals surface area (Å²) in [5.41, 5.74) is 2.11. The second-order valence-electron chi connectivity index (χ2n) is 9.89. The monoisotopic (exact) mass is 631 g/mol. The normalized spacial score (nSPS) is 18.1. The average molecular weight is 632 g/mol. The van der Waals surface area contributed by atoms with Crippen LogP contribution in [-0.2, 0) is 33.6 Å². The van der Waals surface area contributed by atoms with Gasteiger partial charge in [0.25, 0.3) is 10.0 Å². The summed E-state index contributed by atoms with van der Waals surface area (Å²) in [7, 11) is -5.28. The van der Waals surface area contributed by atoms with Crippen molar-refractivity contribution in [2.24, 2.45) is 0 Å².